The Morgan fingerprint density at radius 1 is 0.623 bits per heavy atom. The average molecular weight is 868 g/mol. The molecule has 5 amide bonds. The molecule has 340 valence electrons. The van der Waals surface area contributed by atoms with Gasteiger partial charge in [-0.25, -0.2) is 4.79 Å². The molecule has 0 aliphatic carbocycles. The first-order valence-corrected chi connectivity index (χ1v) is 20.3. The minimum absolute atomic E-state index is 0.00439. The highest BCUT2D eigenvalue weighted by molar-refractivity contribution is 6.32. The Morgan fingerprint density at radius 2 is 1.13 bits per heavy atom. The van der Waals surface area contributed by atoms with Crippen molar-refractivity contribution in [2.75, 3.05) is 118 Å². The molecule has 1 aromatic carbocycles. The number of Topliss-reactive ketones (excluding diaryl/α,β-unsaturated/α-hetero) is 1. The number of anilines is 1. The van der Waals surface area contributed by atoms with Crippen LogP contribution in [-0.4, -0.2) is 176 Å². The van der Waals surface area contributed by atoms with Crippen molar-refractivity contribution in [2.24, 2.45) is 0 Å². The summed E-state index contributed by atoms with van der Waals surface area (Å²) in [6.45, 7) is 6.26. The summed E-state index contributed by atoms with van der Waals surface area (Å²) in [6.07, 6.45) is 1.68. The minimum atomic E-state index is -1.58. The lowest BCUT2D eigenvalue weighted by molar-refractivity contribution is -0.151. The van der Waals surface area contributed by atoms with E-state index in [0.29, 0.717) is 106 Å². The molecule has 2 heterocycles. The number of rotatable bonds is 36. The first kappa shape index (κ1) is 50.6. The Balaban J connectivity index is 1.01. The number of nitrogens with zero attached hydrogens (tertiary/aromatic N) is 1. The molecular weight excluding hydrogens is 810 g/mol. The molecule has 21 heteroatoms. The zero-order valence-electron chi connectivity index (χ0n) is 34.3. The molecule has 0 aromatic heterocycles. The monoisotopic (exact) mass is 867 g/mol. The Morgan fingerprint density at radius 3 is 1.64 bits per heavy atom. The molecule has 3 rings (SSSR count). The number of fused-ring (bicyclic) bond motifs is 1. The Labute approximate surface area is 353 Å². The summed E-state index contributed by atoms with van der Waals surface area (Å²) >= 11 is 0. The van der Waals surface area contributed by atoms with E-state index in [9.17, 15) is 38.4 Å². The summed E-state index contributed by atoms with van der Waals surface area (Å²) < 4.78 is 48.4. The number of carbonyl (C=O) groups excluding carboxylic acids is 7. The molecule has 61 heavy (non-hydrogen) atoms. The molecule has 1 fully saturated rings. The highest BCUT2D eigenvalue weighted by Crippen LogP contribution is 2.32. The van der Waals surface area contributed by atoms with Gasteiger partial charge in [-0.15, -0.1) is 0 Å². The van der Waals surface area contributed by atoms with Crippen LogP contribution in [0, 0.1) is 0 Å². The lowest BCUT2D eigenvalue weighted by Gasteiger charge is -2.27. The Kier molecular flexibility index (Phi) is 25.2. The van der Waals surface area contributed by atoms with E-state index in [1.54, 1.807) is 6.07 Å². The normalized spacial score (nSPS) is 14.9. The molecule has 2 aliphatic heterocycles. The molecule has 1 aromatic rings. The SMILES string of the molecule is O=C1CCC(N2C(=O)c3cccc(NC(=O)CCCCCOCCOCCOCCOCCOCCOCCOCCOCCOC(=O)CCC(=O)C(=O)O)c3C2=O)C(=O)N1. The van der Waals surface area contributed by atoms with Gasteiger partial charge in [-0.1, -0.05) is 12.5 Å². The van der Waals surface area contributed by atoms with Gasteiger partial charge in [0.05, 0.1) is 122 Å². The van der Waals surface area contributed by atoms with Crippen LogP contribution in [0.5, 0.6) is 0 Å². The lowest BCUT2D eigenvalue weighted by Crippen LogP contribution is -2.54. The molecule has 1 saturated heterocycles. The number of carboxylic acids is 1. The first-order valence-electron chi connectivity index (χ1n) is 20.3. The molecule has 0 saturated carbocycles. The number of nitrogens with one attached hydrogen (secondary N) is 2. The van der Waals surface area contributed by atoms with E-state index < -0.39 is 53.8 Å². The summed E-state index contributed by atoms with van der Waals surface area (Å²) in [5.41, 5.74) is 0.347. The number of benzene rings is 1. The number of amides is 5. The van der Waals surface area contributed by atoms with Gasteiger partial charge in [-0.2, -0.15) is 0 Å². The van der Waals surface area contributed by atoms with Crippen molar-refractivity contribution in [1.82, 2.24) is 10.2 Å². The van der Waals surface area contributed by atoms with Crippen LogP contribution < -0.4 is 10.6 Å². The van der Waals surface area contributed by atoms with Gasteiger partial charge >= 0.3 is 11.9 Å². The Hall–Kier alpha value is -4.74. The van der Waals surface area contributed by atoms with Gasteiger partial charge < -0.3 is 53.1 Å². The average Bonchev–Trinajstić information content (AvgIpc) is 3.49. The number of aliphatic carboxylic acids is 1. The van der Waals surface area contributed by atoms with Crippen LogP contribution >= 0.6 is 0 Å². The van der Waals surface area contributed by atoms with E-state index in [4.69, 9.17) is 47.7 Å². The number of hydrogen-bond donors (Lipinski definition) is 3. The van der Waals surface area contributed by atoms with Gasteiger partial charge in [-0.05, 0) is 31.4 Å². The fourth-order valence-electron chi connectivity index (χ4n) is 5.75. The van der Waals surface area contributed by atoms with E-state index in [1.165, 1.54) is 12.1 Å². The molecule has 3 N–H and O–H groups in total. The third-order valence-corrected chi connectivity index (χ3v) is 8.82. The smallest absolute Gasteiger partial charge is 0.372 e. The number of carbonyl (C=O) groups is 8. The van der Waals surface area contributed by atoms with Crippen LogP contribution in [0.4, 0.5) is 5.69 Å². The number of carboxylic acid groups (broad SMARTS) is 1. The van der Waals surface area contributed by atoms with E-state index in [-0.39, 0.29) is 61.6 Å². The van der Waals surface area contributed by atoms with Crippen molar-refractivity contribution >= 4 is 52.9 Å². The first-order chi connectivity index (χ1) is 29.6. The summed E-state index contributed by atoms with van der Waals surface area (Å²) in [4.78, 5) is 96.2. The zero-order chi connectivity index (χ0) is 44.1. The molecule has 21 nitrogen and oxygen atoms in total. The fraction of sp³-hybridized carbons (Fsp3) is 0.650. The number of unbranched alkanes of at least 4 members (excludes halogenated alkanes) is 2. The second-order valence-corrected chi connectivity index (χ2v) is 13.4. The van der Waals surface area contributed by atoms with Crippen LogP contribution in [0.2, 0.25) is 0 Å². The van der Waals surface area contributed by atoms with E-state index in [0.717, 1.165) is 17.7 Å². The standard InChI is InChI=1S/C40H57N3O18/c44-32(40(51)52)9-11-35(47)61-28-27-60-26-25-59-24-23-58-22-21-57-20-19-56-18-17-55-16-15-54-14-13-53-12-3-1-2-7-33(45)41-30-6-4-5-29-36(30)39(50)43(38(29)49)31-8-10-34(46)42-37(31)48/h4-6,31H,1-3,7-28H2,(H,41,45)(H,51,52)(H,42,46,48). The molecule has 2 aliphatic rings. The summed E-state index contributed by atoms with van der Waals surface area (Å²) in [5, 5.41) is 13.3. The van der Waals surface area contributed by atoms with Crippen molar-refractivity contribution in [3.05, 3.63) is 29.3 Å². The van der Waals surface area contributed by atoms with Gasteiger partial charge in [-0.3, -0.25) is 43.8 Å². The van der Waals surface area contributed by atoms with Crippen LogP contribution in [0.15, 0.2) is 18.2 Å². The van der Waals surface area contributed by atoms with Gasteiger partial charge in [0.25, 0.3) is 11.8 Å². The van der Waals surface area contributed by atoms with E-state index >= 15 is 0 Å². The lowest BCUT2D eigenvalue weighted by atomic mass is 10.0. The van der Waals surface area contributed by atoms with Crippen molar-refractivity contribution in [1.29, 1.82) is 0 Å². The maximum absolute atomic E-state index is 13.2. The molecule has 0 bridgehead atoms. The molecule has 0 spiro atoms. The number of piperidine rings is 1. The van der Waals surface area contributed by atoms with Gasteiger partial charge in [0.2, 0.25) is 23.5 Å². The van der Waals surface area contributed by atoms with E-state index in [1.807, 2.05) is 0 Å². The largest absolute Gasteiger partial charge is 0.476 e. The van der Waals surface area contributed by atoms with Crippen molar-refractivity contribution in [3.8, 4) is 0 Å². The molecule has 1 atom stereocenters. The van der Waals surface area contributed by atoms with Crippen LogP contribution in [0.3, 0.4) is 0 Å². The number of ether oxygens (including phenoxy) is 9. The van der Waals surface area contributed by atoms with Gasteiger partial charge in [0, 0.05) is 25.9 Å². The summed E-state index contributed by atoms with van der Waals surface area (Å²) in [7, 11) is 0. The number of hydrogen-bond acceptors (Lipinski definition) is 17. The summed E-state index contributed by atoms with van der Waals surface area (Å²) in [6, 6.07) is 3.49. The van der Waals surface area contributed by atoms with Crippen molar-refractivity contribution in [2.45, 2.75) is 57.4 Å². The van der Waals surface area contributed by atoms with E-state index in [2.05, 4.69) is 10.6 Å². The van der Waals surface area contributed by atoms with Crippen LogP contribution in [0.1, 0.15) is 72.1 Å². The quantitative estimate of drug-likeness (QED) is 0.0363. The third kappa shape index (κ3) is 20.1. The highest BCUT2D eigenvalue weighted by Gasteiger charge is 2.45. The fourth-order valence-corrected chi connectivity index (χ4v) is 5.75. The van der Waals surface area contributed by atoms with Crippen LogP contribution in [-0.2, 0) is 71.4 Å². The number of esters is 1. The van der Waals surface area contributed by atoms with Crippen molar-refractivity contribution < 1.29 is 86.1 Å². The van der Waals surface area contributed by atoms with Crippen LogP contribution in [0.25, 0.3) is 0 Å². The maximum atomic E-state index is 13.2. The second-order valence-electron chi connectivity index (χ2n) is 13.4. The maximum Gasteiger partial charge on any atom is 0.372 e. The van der Waals surface area contributed by atoms with Crippen molar-refractivity contribution in [3.63, 3.8) is 0 Å². The second kappa shape index (κ2) is 30.3. The molecular formula is C40H57N3O18. The number of imide groups is 2. The molecule has 0 radical (unpaired) electrons. The Bertz CT molecular complexity index is 1590. The summed E-state index contributed by atoms with van der Waals surface area (Å²) in [5.74, 6) is -6.05. The van der Waals surface area contributed by atoms with Gasteiger partial charge in [0.15, 0.2) is 0 Å². The zero-order valence-corrected chi connectivity index (χ0v) is 34.3. The molecule has 1 unspecified atom stereocenters. The number of ketones is 1. The predicted octanol–water partition coefficient (Wildman–Crippen LogP) is 0.697. The highest BCUT2D eigenvalue weighted by atomic mass is 16.6. The third-order valence-electron chi connectivity index (χ3n) is 8.82. The topological polar surface area (TPSA) is 267 Å². The minimum Gasteiger partial charge on any atom is -0.476 e. The van der Waals surface area contributed by atoms with Gasteiger partial charge in [0.1, 0.15) is 12.6 Å². The predicted molar refractivity (Wildman–Crippen MR) is 210 cm³/mol.